The molecule has 1 amide bonds. The zero-order valence-electron chi connectivity index (χ0n) is 23.2. The second kappa shape index (κ2) is 11.4. The summed E-state index contributed by atoms with van der Waals surface area (Å²) in [5, 5.41) is 5.13. The molecule has 0 saturated heterocycles. The van der Waals surface area contributed by atoms with Crippen LogP contribution in [0.2, 0.25) is 0 Å². The lowest BCUT2D eigenvalue weighted by Gasteiger charge is -2.20. The molecule has 0 radical (unpaired) electrons. The molecular formula is C31H27FN4O6S. The Bertz CT molecular complexity index is 1890. The summed E-state index contributed by atoms with van der Waals surface area (Å²) in [5.74, 6) is 1.37. The molecule has 220 valence electrons. The normalized spacial score (nSPS) is 13.8. The predicted octanol–water partition coefficient (Wildman–Crippen LogP) is 6.57. The molecular weight excluding hydrogens is 575 g/mol. The summed E-state index contributed by atoms with van der Waals surface area (Å²) in [4.78, 5) is 20.4. The number of amides is 1. The summed E-state index contributed by atoms with van der Waals surface area (Å²) < 4.78 is 56.7. The number of benzene rings is 3. The summed E-state index contributed by atoms with van der Waals surface area (Å²) in [5.41, 5.74) is 2.88. The van der Waals surface area contributed by atoms with E-state index >= 15 is 0 Å². The Hall–Kier alpha value is -4.97. The van der Waals surface area contributed by atoms with Crippen LogP contribution in [0.15, 0.2) is 83.8 Å². The Morgan fingerprint density at radius 2 is 1.67 bits per heavy atom. The van der Waals surface area contributed by atoms with E-state index in [1.54, 1.807) is 30.3 Å². The number of fused-ring (bicyclic) bond motifs is 1. The third-order valence-electron chi connectivity index (χ3n) is 6.99. The summed E-state index contributed by atoms with van der Waals surface area (Å²) in [6.45, 7) is 0. The number of hydrogen-bond donors (Lipinski definition) is 2. The van der Waals surface area contributed by atoms with Gasteiger partial charge in [-0.15, -0.1) is 0 Å². The van der Waals surface area contributed by atoms with Gasteiger partial charge in [-0.05, 0) is 78.9 Å². The molecule has 0 bridgehead atoms. The Morgan fingerprint density at radius 3 is 2.28 bits per heavy atom. The van der Waals surface area contributed by atoms with Crippen molar-refractivity contribution < 1.29 is 31.5 Å². The minimum absolute atomic E-state index is 0.202. The van der Waals surface area contributed by atoms with Crippen LogP contribution in [0.4, 0.5) is 14.9 Å². The van der Waals surface area contributed by atoms with Crippen molar-refractivity contribution in [2.45, 2.75) is 24.1 Å². The molecule has 1 unspecified atom stereocenters. The molecule has 10 nitrogen and oxygen atoms in total. The quantitative estimate of drug-likeness (QED) is 0.192. The van der Waals surface area contributed by atoms with Gasteiger partial charge in [-0.25, -0.2) is 27.6 Å². The van der Waals surface area contributed by atoms with Crippen molar-refractivity contribution in [1.82, 2.24) is 15.3 Å². The molecule has 43 heavy (non-hydrogen) atoms. The zero-order chi connectivity index (χ0) is 30.1. The van der Waals surface area contributed by atoms with Gasteiger partial charge in [0, 0.05) is 48.6 Å². The Morgan fingerprint density at radius 1 is 1.02 bits per heavy atom. The van der Waals surface area contributed by atoms with Crippen LogP contribution in [0.1, 0.15) is 35.3 Å². The van der Waals surface area contributed by atoms with Crippen molar-refractivity contribution in [1.29, 1.82) is 0 Å². The minimum Gasteiger partial charge on any atom is -0.457 e. The molecule has 1 atom stereocenters. The molecule has 12 heteroatoms. The second-order valence-electron chi connectivity index (χ2n) is 10.2. The molecule has 3 aromatic carbocycles. The van der Waals surface area contributed by atoms with E-state index in [2.05, 4.69) is 20.6 Å². The molecule has 2 N–H and O–H groups in total. The molecule has 6 rings (SSSR count). The number of nitrogens with zero attached hydrogens (tertiary/aromatic N) is 2. The third-order valence-corrected chi connectivity index (χ3v) is 8.24. The molecule has 1 saturated carbocycles. The number of anilines is 1. The van der Waals surface area contributed by atoms with Crippen molar-refractivity contribution in [3.8, 4) is 28.6 Å². The van der Waals surface area contributed by atoms with Gasteiger partial charge >= 0.3 is 6.09 Å². The van der Waals surface area contributed by atoms with E-state index in [4.69, 9.17) is 13.9 Å². The van der Waals surface area contributed by atoms with Gasteiger partial charge in [-0.3, -0.25) is 0 Å². The SMILES string of the molecule is CNC(=O)Oc1c(-c2ccc(Oc3ccc(F)cc3)cc2)oc2cc(NC(c3cncnc3)S(C)(=O)=O)c(C3CC3)cc12. The average Bonchev–Trinajstić information content (AvgIpc) is 3.79. The molecule has 2 heterocycles. The minimum atomic E-state index is -3.62. The van der Waals surface area contributed by atoms with E-state index in [1.807, 2.05) is 6.07 Å². The van der Waals surface area contributed by atoms with Crippen LogP contribution in [-0.4, -0.2) is 37.8 Å². The number of ether oxygens (including phenoxy) is 2. The molecule has 5 aromatic rings. The maximum Gasteiger partial charge on any atom is 0.412 e. The number of carbonyl (C=O) groups is 1. The Labute approximate surface area is 246 Å². The third kappa shape index (κ3) is 6.14. The molecule has 1 aliphatic carbocycles. The number of carbonyl (C=O) groups excluding carboxylic acids is 1. The van der Waals surface area contributed by atoms with E-state index in [-0.39, 0.29) is 17.5 Å². The van der Waals surface area contributed by atoms with Crippen LogP contribution in [0.3, 0.4) is 0 Å². The van der Waals surface area contributed by atoms with E-state index in [1.165, 1.54) is 50.0 Å². The van der Waals surface area contributed by atoms with Crippen molar-refractivity contribution in [3.63, 3.8) is 0 Å². The van der Waals surface area contributed by atoms with Gasteiger partial charge in [-0.1, -0.05) is 0 Å². The fourth-order valence-electron chi connectivity index (χ4n) is 4.77. The van der Waals surface area contributed by atoms with Crippen LogP contribution in [0, 0.1) is 5.82 Å². The molecule has 0 aliphatic heterocycles. The largest absolute Gasteiger partial charge is 0.457 e. The van der Waals surface area contributed by atoms with Crippen molar-refractivity contribution in [3.05, 3.63) is 96.3 Å². The van der Waals surface area contributed by atoms with Crippen LogP contribution < -0.4 is 20.1 Å². The van der Waals surface area contributed by atoms with Gasteiger partial charge in [0.25, 0.3) is 0 Å². The van der Waals surface area contributed by atoms with Gasteiger partial charge in [0.1, 0.15) is 29.2 Å². The van der Waals surface area contributed by atoms with E-state index in [0.717, 1.165) is 24.7 Å². The van der Waals surface area contributed by atoms with E-state index in [0.29, 0.717) is 45.0 Å². The highest BCUT2D eigenvalue weighted by Crippen LogP contribution is 2.49. The smallest absolute Gasteiger partial charge is 0.412 e. The lowest BCUT2D eigenvalue weighted by Crippen LogP contribution is -2.22. The summed E-state index contributed by atoms with van der Waals surface area (Å²) >= 11 is 0. The Balaban J connectivity index is 1.41. The van der Waals surface area contributed by atoms with Gasteiger partial charge in [0.05, 0.1) is 5.39 Å². The van der Waals surface area contributed by atoms with Crippen LogP contribution in [-0.2, 0) is 9.84 Å². The summed E-state index contributed by atoms with van der Waals surface area (Å²) in [7, 11) is -2.15. The first kappa shape index (κ1) is 28.2. The second-order valence-corrected chi connectivity index (χ2v) is 12.3. The number of hydrogen-bond acceptors (Lipinski definition) is 9. The highest BCUT2D eigenvalue weighted by atomic mass is 32.2. The Kier molecular flexibility index (Phi) is 7.45. The number of aromatic nitrogens is 2. The van der Waals surface area contributed by atoms with Crippen LogP contribution in [0.5, 0.6) is 17.2 Å². The first-order chi connectivity index (χ1) is 20.7. The maximum atomic E-state index is 13.3. The van der Waals surface area contributed by atoms with Crippen molar-refractivity contribution in [2.75, 3.05) is 18.6 Å². The van der Waals surface area contributed by atoms with Crippen molar-refractivity contribution in [2.24, 2.45) is 0 Å². The molecule has 2 aromatic heterocycles. The van der Waals surface area contributed by atoms with Crippen LogP contribution >= 0.6 is 0 Å². The fraction of sp³-hybridized carbons (Fsp3) is 0.194. The number of rotatable bonds is 9. The standard InChI is InChI=1S/C31H27FN4O6S/c1-33-31(37)42-29-25-13-24(18-3-4-18)26(36-30(43(2,38)39)20-15-34-17-35-16-20)14-27(25)41-28(29)19-5-9-22(10-6-19)40-23-11-7-21(32)8-12-23/h5-18,30,36H,3-4H2,1-2H3,(H,33,37). The zero-order valence-corrected chi connectivity index (χ0v) is 24.0. The lowest BCUT2D eigenvalue weighted by molar-refractivity contribution is 0.203. The summed E-state index contributed by atoms with van der Waals surface area (Å²) in [6.07, 6.45) is 6.61. The number of furan rings is 1. The van der Waals surface area contributed by atoms with Gasteiger partial charge in [-0.2, -0.15) is 0 Å². The highest BCUT2D eigenvalue weighted by molar-refractivity contribution is 7.91. The van der Waals surface area contributed by atoms with Gasteiger partial charge < -0.3 is 24.5 Å². The molecule has 0 spiro atoms. The monoisotopic (exact) mass is 602 g/mol. The van der Waals surface area contributed by atoms with Crippen molar-refractivity contribution >= 4 is 32.6 Å². The topological polar surface area (TPSA) is 133 Å². The maximum absolute atomic E-state index is 13.3. The fourth-order valence-corrected chi connectivity index (χ4v) is 5.72. The first-order valence-electron chi connectivity index (χ1n) is 13.4. The number of nitrogens with one attached hydrogen (secondary N) is 2. The van der Waals surface area contributed by atoms with Gasteiger partial charge in [0.2, 0.25) is 0 Å². The molecule has 1 fully saturated rings. The molecule has 1 aliphatic rings. The predicted molar refractivity (Wildman–Crippen MR) is 158 cm³/mol. The number of halogens is 1. The highest BCUT2D eigenvalue weighted by Gasteiger charge is 2.32. The van der Waals surface area contributed by atoms with E-state index in [9.17, 15) is 17.6 Å². The average molecular weight is 603 g/mol. The summed E-state index contributed by atoms with van der Waals surface area (Å²) in [6, 6.07) is 16.2. The first-order valence-corrected chi connectivity index (χ1v) is 15.4. The lowest BCUT2D eigenvalue weighted by atomic mass is 10.0. The number of sulfone groups is 1. The van der Waals surface area contributed by atoms with E-state index < -0.39 is 21.3 Å². The van der Waals surface area contributed by atoms with Gasteiger partial charge in [0.15, 0.2) is 26.7 Å². The van der Waals surface area contributed by atoms with Crippen LogP contribution in [0.25, 0.3) is 22.3 Å².